The largest absolute Gasteiger partial charge is 0.483 e. The molecule has 0 fully saturated rings. The van der Waals surface area contributed by atoms with Gasteiger partial charge in [0.15, 0.2) is 18.1 Å². The Hall–Kier alpha value is -2.00. The fourth-order valence-corrected chi connectivity index (χ4v) is 2.97. The van der Waals surface area contributed by atoms with Gasteiger partial charge in [-0.2, -0.15) is 5.10 Å². The van der Waals surface area contributed by atoms with Crippen LogP contribution in [0.1, 0.15) is 5.56 Å². The van der Waals surface area contributed by atoms with E-state index in [1.54, 1.807) is 30.3 Å². The Morgan fingerprint density at radius 1 is 1.29 bits per heavy atom. The summed E-state index contributed by atoms with van der Waals surface area (Å²) in [6.45, 7) is 0.0730. The summed E-state index contributed by atoms with van der Waals surface area (Å²) in [4.78, 5) is 11.7. The van der Waals surface area contributed by atoms with Crippen molar-refractivity contribution >= 4 is 46.3 Å². The number of halogens is 2. The van der Waals surface area contributed by atoms with Gasteiger partial charge in [-0.05, 0) is 64.6 Å². The third-order valence-electron chi connectivity index (χ3n) is 3.05. The van der Waals surface area contributed by atoms with E-state index in [1.807, 2.05) is 6.07 Å². The van der Waals surface area contributed by atoms with E-state index in [9.17, 15) is 4.79 Å². The minimum Gasteiger partial charge on any atom is -0.483 e. The lowest BCUT2D eigenvalue weighted by Gasteiger charge is -2.07. The fraction of sp³-hybridized carbons (Fsp3) is 0.125. The van der Waals surface area contributed by atoms with Crippen molar-refractivity contribution in [3.8, 4) is 17.2 Å². The molecule has 8 heteroatoms. The number of carbonyl (C=O) groups is 1. The lowest BCUT2D eigenvalue weighted by Crippen LogP contribution is -2.24. The summed E-state index contributed by atoms with van der Waals surface area (Å²) in [5.41, 5.74) is 3.19. The van der Waals surface area contributed by atoms with Crippen LogP contribution in [-0.4, -0.2) is 25.5 Å². The van der Waals surface area contributed by atoms with Crippen LogP contribution >= 0.6 is 34.2 Å². The van der Waals surface area contributed by atoms with E-state index in [1.165, 1.54) is 6.21 Å². The van der Waals surface area contributed by atoms with Gasteiger partial charge in [0, 0.05) is 5.02 Å². The zero-order valence-electron chi connectivity index (χ0n) is 12.3. The van der Waals surface area contributed by atoms with E-state index in [0.717, 1.165) is 9.13 Å². The quantitative estimate of drug-likeness (QED) is 0.424. The highest BCUT2D eigenvalue weighted by Crippen LogP contribution is 2.31. The van der Waals surface area contributed by atoms with Crippen LogP contribution in [0.3, 0.4) is 0 Å². The SMILES string of the molecule is O=C(COc1ccc(Cl)cc1I)N/N=C/c1ccc2c(c1)OCO2. The summed E-state index contributed by atoms with van der Waals surface area (Å²) in [7, 11) is 0. The molecule has 0 spiro atoms. The van der Waals surface area contributed by atoms with Crippen LogP contribution in [0.5, 0.6) is 17.2 Å². The molecule has 0 radical (unpaired) electrons. The van der Waals surface area contributed by atoms with Crippen LogP contribution in [0.4, 0.5) is 0 Å². The van der Waals surface area contributed by atoms with Gasteiger partial charge in [-0.1, -0.05) is 11.6 Å². The van der Waals surface area contributed by atoms with Crippen LogP contribution in [0.2, 0.25) is 5.02 Å². The first-order valence-electron chi connectivity index (χ1n) is 6.91. The van der Waals surface area contributed by atoms with Crippen LogP contribution in [0, 0.1) is 3.57 Å². The Morgan fingerprint density at radius 3 is 2.96 bits per heavy atom. The van der Waals surface area contributed by atoms with Gasteiger partial charge in [0.25, 0.3) is 5.91 Å². The number of hydrogen-bond donors (Lipinski definition) is 1. The molecular weight excluding hydrogens is 447 g/mol. The molecule has 0 aromatic heterocycles. The Kier molecular flexibility index (Phi) is 5.41. The summed E-state index contributed by atoms with van der Waals surface area (Å²) < 4.78 is 16.8. The first-order chi connectivity index (χ1) is 11.6. The molecule has 1 N–H and O–H groups in total. The van der Waals surface area contributed by atoms with Crippen molar-refractivity contribution in [1.82, 2.24) is 5.43 Å². The molecule has 2 aromatic carbocycles. The van der Waals surface area contributed by atoms with E-state index >= 15 is 0 Å². The van der Waals surface area contributed by atoms with Crippen molar-refractivity contribution < 1.29 is 19.0 Å². The smallest absolute Gasteiger partial charge is 0.277 e. The normalized spacial score (nSPS) is 12.4. The molecule has 0 unspecified atom stereocenters. The molecule has 1 amide bonds. The van der Waals surface area contributed by atoms with Gasteiger partial charge in [0.05, 0.1) is 9.78 Å². The summed E-state index contributed by atoms with van der Waals surface area (Å²) in [6, 6.07) is 10.6. The molecule has 1 heterocycles. The van der Waals surface area contributed by atoms with Crippen molar-refractivity contribution in [1.29, 1.82) is 0 Å². The van der Waals surface area contributed by atoms with Gasteiger partial charge < -0.3 is 14.2 Å². The predicted octanol–water partition coefficient (Wildman–Crippen LogP) is 3.20. The van der Waals surface area contributed by atoms with Crippen molar-refractivity contribution in [2.75, 3.05) is 13.4 Å². The van der Waals surface area contributed by atoms with E-state index in [4.69, 9.17) is 25.8 Å². The van der Waals surface area contributed by atoms with Crippen LogP contribution in [0.15, 0.2) is 41.5 Å². The lowest BCUT2D eigenvalue weighted by atomic mass is 10.2. The maximum absolute atomic E-state index is 11.7. The van der Waals surface area contributed by atoms with Crippen molar-refractivity contribution in [3.63, 3.8) is 0 Å². The number of benzene rings is 2. The number of hydrazone groups is 1. The predicted molar refractivity (Wildman–Crippen MR) is 98.0 cm³/mol. The van der Waals surface area contributed by atoms with Crippen LogP contribution < -0.4 is 19.6 Å². The van der Waals surface area contributed by atoms with E-state index in [-0.39, 0.29) is 19.3 Å². The number of hydrogen-bond acceptors (Lipinski definition) is 5. The zero-order valence-corrected chi connectivity index (χ0v) is 15.2. The summed E-state index contributed by atoms with van der Waals surface area (Å²) in [5, 5.41) is 4.51. The molecule has 1 aliphatic rings. The van der Waals surface area contributed by atoms with Gasteiger partial charge in [-0.15, -0.1) is 0 Å². The summed E-state index contributed by atoms with van der Waals surface area (Å²) in [6.07, 6.45) is 1.52. The maximum atomic E-state index is 11.7. The Bertz CT molecular complexity index is 798. The minimum atomic E-state index is -0.363. The minimum absolute atomic E-state index is 0.143. The number of nitrogens with zero attached hydrogens (tertiary/aromatic N) is 1. The third-order valence-corrected chi connectivity index (χ3v) is 4.13. The number of rotatable bonds is 5. The molecule has 0 aliphatic carbocycles. The molecular formula is C16H12ClIN2O4. The highest BCUT2D eigenvalue weighted by atomic mass is 127. The lowest BCUT2D eigenvalue weighted by molar-refractivity contribution is -0.123. The first-order valence-corrected chi connectivity index (χ1v) is 8.37. The molecule has 0 saturated carbocycles. The average molecular weight is 459 g/mol. The van der Waals surface area contributed by atoms with Crippen molar-refractivity contribution in [2.45, 2.75) is 0 Å². The van der Waals surface area contributed by atoms with Gasteiger partial charge >= 0.3 is 0 Å². The van der Waals surface area contributed by atoms with Crippen molar-refractivity contribution in [3.05, 3.63) is 50.6 Å². The third kappa shape index (κ3) is 4.30. The standard InChI is InChI=1S/C16H12ClIN2O4/c17-11-2-4-13(12(18)6-11)22-8-16(21)20-19-7-10-1-3-14-15(5-10)24-9-23-14/h1-7H,8-9H2,(H,20,21)/b19-7+. The summed E-state index contributed by atoms with van der Waals surface area (Å²) >= 11 is 7.96. The molecule has 124 valence electrons. The molecule has 0 bridgehead atoms. The zero-order chi connectivity index (χ0) is 16.9. The molecule has 2 aromatic rings. The second kappa shape index (κ2) is 7.71. The van der Waals surface area contributed by atoms with Gasteiger partial charge in [-0.3, -0.25) is 4.79 Å². The first kappa shape index (κ1) is 16.8. The highest BCUT2D eigenvalue weighted by Gasteiger charge is 2.12. The molecule has 6 nitrogen and oxygen atoms in total. The number of nitrogens with one attached hydrogen (secondary N) is 1. The van der Waals surface area contributed by atoms with Crippen molar-refractivity contribution in [2.24, 2.45) is 5.10 Å². The highest BCUT2D eigenvalue weighted by molar-refractivity contribution is 14.1. The second-order valence-corrected chi connectivity index (χ2v) is 6.37. The number of fused-ring (bicyclic) bond motifs is 1. The van der Waals surface area contributed by atoms with Gasteiger partial charge in [0.1, 0.15) is 5.75 Å². The second-order valence-electron chi connectivity index (χ2n) is 4.77. The summed E-state index contributed by atoms with van der Waals surface area (Å²) in [5.74, 6) is 1.58. The van der Waals surface area contributed by atoms with Gasteiger partial charge in [0.2, 0.25) is 6.79 Å². The average Bonchev–Trinajstić information content (AvgIpc) is 3.02. The number of carbonyl (C=O) groups excluding carboxylic acids is 1. The fourth-order valence-electron chi connectivity index (χ4n) is 1.94. The van der Waals surface area contributed by atoms with Crippen LogP contribution in [0.25, 0.3) is 0 Å². The Balaban J connectivity index is 1.50. The van der Waals surface area contributed by atoms with Crippen LogP contribution in [-0.2, 0) is 4.79 Å². The molecule has 0 atom stereocenters. The topological polar surface area (TPSA) is 69.2 Å². The van der Waals surface area contributed by atoms with Gasteiger partial charge in [-0.25, -0.2) is 5.43 Å². The Morgan fingerprint density at radius 2 is 2.12 bits per heavy atom. The molecule has 3 rings (SSSR count). The number of amides is 1. The van der Waals surface area contributed by atoms with E-state index < -0.39 is 0 Å². The molecule has 1 aliphatic heterocycles. The molecule has 24 heavy (non-hydrogen) atoms. The maximum Gasteiger partial charge on any atom is 0.277 e. The Labute approximate surface area is 156 Å². The molecule has 0 saturated heterocycles. The number of ether oxygens (including phenoxy) is 3. The van der Waals surface area contributed by atoms with E-state index in [2.05, 4.69) is 33.1 Å². The monoisotopic (exact) mass is 458 g/mol. The van der Waals surface area contributed by atoms with E-state index in [0.29, 0.717) is 22.3 Å².